The van der Waals surface area contributed by atoms with E-state index in [2.05, 4.69) is 19.9 Å². The lowest BCUT2D eigenvalue weighted by atomic mass is 9.74. The van der Waals surface area contributed by atoms with Crippen LogP contribution in [0.25, 0.3) is 0 Å². The Hall–Kier alpha value is -2.92. The van der Waals surface area contributed by atoms with Gasteiger partial charge in [-0.15, -0.1) is 0 Å². The second-order valence-corrected chi connectivity index (χ2v) is 13.2. The highest BCUT2D eigenvalue weighted by Gasteiger charge is 2.46. The van der Waals surface area contributed by atoms with Gasteiger partial charge in [0.2, 0.25) is 0 Å². The first-order valence-corrected chi connectivity index (χ1v) is 14.6. The van der Waals surface area contributed by atoms with Gasteiger partial charge in [0.1, 0.15) is 17.3 Å². The third-order valence-corrected chi connectivity index (χ3v) is 9.47. The van der Waals surface area contributed by atoms with Gasteiger partial charge in [-0.05, 0) is 64.0 Å². The highest BCUT2D eigenvalue weighted by atomic mass is 32.2. The molecule has 11 heteroatoms. The first-order valence-electron chi connectivity index (χ1n) is 13.4. The van der Waals surface area contributed by atoms with E-state index in [9.17, 15) is 9.00 Å². The number of carbonyl (C=O) groups excluding carboxylic acids is 1. The maximum atomic E-state index is 12.9. The van der Waals surface area contributed by atoms with Crippen molar-refractivity contribution in [1.29, 1.82) is 0 Å². The van der Waals surface area contributed by atoms with Crippen LogP contribution in [-0.2, 0) is 22.3 Å². The van der Waals surface area contributed by atoms with Crippen LogP contribution in [0, 0.1) is 5.41 Å². The van der Waals surface area contributed by atoms with Gasteiger partial charge >= 0.3 is 5.97 Å². The predicted octanol–water partition coefficient (Wildman–Crippen LogP) is 4.08. The molecule has 2 heterocycles. The molecule has 2 atom stereocenters. The highest BCUT2D eigenvalue weighted by Crippen LogP contribution is 2.47. The molecule has 0 bridgehead atoms. The monoisotopic (exact) mass is 559 g/mol. The average molecular weight is 560 g/mol. The van der Waals surface area contributed by atoms with Crippen LogP contribution in [0.3, 0.4) is 0 Å². The van der Waals surface area contributed by atoms with Crippen LogP contribution in [0.4, 0.5) is 11.6 Å². The number of rotatable bonds is 9. The molecule has 0 radical (unpaired) electrons. The van der Waals surface area contributed by atoms with Crippen LogP contribution >= 0.6 is 0 Å². The van der Waals surface area contributed by atoms with Crippen LogP contribution < -0.4 is 24.4 Å². The molecular weight excluding hydrogens is 518 g/mol. The van der Waals surface area contributed by atoms with E-state index in [1.807, 2.05) is 39.0 Å². The number of carbonyl (C=O) groups is 1. The van der Waals surface area contributed by atoms with E-state index in [-0.39, 0.29) is 21.9 Å². The Labute approximate surface area is 233 Å². The molecule has 1 saturated heterocycles. The molecule has 10 nitrogen and oxygen atoms in total. The minimum atomic E-state index is -1.11. The number of benzene rings is 1. The first-order chi connectivity index (χ1) is 18.6. The number of nitrogens with zero attached hydrogens (tertiary/aromatic N) is 3. The largest absolute Gasteiger partial charge is 0.497 e. The number of hydrogen-bond donors (Lipinski definition) is 2. The van der Waals surface area contributed by atoms with E-state index in [0.717, 1.165) is 50.8 Å². The summed E-state index contributed by atoms with van der Waals surface area (Å²) in [7, 11) is 3.48. The van der Waals surface area contributed by atoms with Crippen LogP contribution in [0.1, 0.15) is 68.9 Å². The maximum Gasteiger partial charge on any atom is 0.360 e. The molecule has 2 fully saturated rings. The lowest BCUT2D eigenvalue weighted by molar-refractivity contribution is 0.0594. The van der Waals surface area contributed by atoms with Crippen molar-refractivity contribution >= 4 is 28.6 Å². The Kier molecular flexibility index (Phi) is 9.00. The normalized spacial score (nSPS) is 19.5. The molecule has 4 rings (SSSR count). The van der Waals surface area contributed by atoms with Gasteiger partial charge in [0.15, 0.2) is 11.5 Å². The van der Waals surface area contributed by atoms with Crippen molar-refractivity contribution < 1.29 is 23.2 Å². The Morgan fingerprint density at radius 2 is 1.90 bits per heavy atom. The van der Waals surface area contributed by atoms with Gasteiger partial charge in [0.25, 0.3) is 0 Å². The maximum absolute atomic E-state index is 12.9. The van der Waals surface area contributed by atoms with Gasteiger partial charge in [0, 0.05) is 37.3 Å². The fourth-order valence-electron chi connectivity index (χ4n) is 5.50. The average Bonchev–Trinajstić information content (AvgIpc) is 3.31. The van der Waals surface area contributed by atoms with Crippen LogP contribution in [-0.4, -0.2) is 65.4 Å². The molecular formula is C28H41N5O5S. The van der Waals surface area contributed by atoms with Crippen molar-refractivity contribution in [3.63, 3.8) is 0 Å². The number of hydrogen-bond acceptors (Lipinski definition) is 9. The summed E-state index contributed by atoms with van der Waals surface area (Å²) in [5.41, 5.74) is 1.24. The molecule has 2 N–H and O–H groups in total. The summed E-state index contributed by atoms with van der Waals surface area (Å²) in [6.45, 7) is 7.92. The van der Waals surface area contributed by atoms with Crippen molar-refractivity contribution in [1.82, 2.24) is 14.7 Å². The Morgan fingerprint density at radius 3 is 2.54 bits per heavy atom. The molecule has 1 saturated carbocycles. The molecule has 2 aliphatic rings. The minimum Gasteiger partial charge on any atom is -0.497 e. The molecule has 1 aromatic carbocycles. The molecule has 1 aliphatic heterocycles. The van der Waals surface area contributed by atoms with Gasteiger partial charge in [0.05, 0.1) is 43.3 Å². The molecule has 39 heavy (non-hydrogen) atoms. The fourth-order valence-corrected chi connectivity index (χ4v) is 6.48. The second kappa shape index (κ2) is 12.1. The molecule has 1 aromatic heterocycles. The van der Waals surface area contributed by atoms with E-state index in [0.29, 0.717) is 29.7 Å². The minimum absolute atomic E-state index is 0.0943. The van der Waals surface area contributed by atoms with E-state index in [1.165, 1.54) is 7.11 Å². The Morgan fingerprint density at radius 1 is 1.15 bits per heavy atom. The number of ether oxygens (including phenoxy) is 3. The van der Waals surface area contributed by atoms with Gasteiger partial charge < -0.3 is 24.4 Å². The smallest absolute Gasteiger partial charge is 0.360 e. The molecule has 214 valence electrons. The number of anilines is 2. The number of aromatic nitrogens is 2. The second-order valence-electron chi connectivity index (χ2n) is 11.2. The molecule has 0 amide bonds. The van der Waals surface area contributed by atoms with Crippen LogP contribution in [0.15, 0.2) is 24.4 Å². The zero-order valence-corrected chi connectivity index (χ0v) is 24.7. The van der Waals surface area contributed by atoms with E-state index in [1.54, 1.807) is 20.4 Å². The first kappa shape index (κ1) is 29.1. The molecule has 0 unspecified atom stereocenters. The third-order valence-electron chi connectivity index (χ3n) is 7.86. The molecule has 1 spiro atoms. The van der Waals surface area contributed by atoms with E-state index < -0.39 is 17.0 Å². The number of methoxy groups -OCH3 is 3. The Bertz CT molecular complexity index is 1190. The van der Waals surface area contributed by atoms with Gasteiger partial charge in [-0.2, -0.15) is 0 Å². The summed E-state index contributed by atoms with van der Waals surface area (Å²) < 4.78 is 31.8. The van der Waals surface area contributed by atoms with E-state index in [4.69, 9.17) is 19.2 Å². The van der Waals surface area contributed by atoms with Crippen molar-refractivity contribution in [2.45, 2.75) is 70.2 Å². The van der Waals surface area contributed by atoms with Gasteiger partial charge in [-0.3, -0.25) is 0 Å². The summed E-state index contributed by atoms with van der Waals surface area (Å²) in [6.07, 6.45) is 6.67. The van der Waals surface area contributed by atoms with Crippen molar-refractivity contribution in [3.05, 3.63) is 35.7 Å². The SMILES string of the molecule is COC(=O)c1ncc(NCc2ccc(OC)cc2OC)nc1N1CCC2(CCC[C@H]2N[S@](=O)C(C)(C)C)CC1. The molecule has 1 aliphatic carbocycles. The zero-order valence-electron chi connectivity index (χ0n) is 23.8. The standard InChI is InChI=1S/C28H41N5O5S/c1-27(2,3)39(35)32-22-8-7-11-28(22)12-14-33(15-13-28)25-24(26(34)38-6)30-18-23(31-25)29-17-19-9-10-20(36-4)16-21(19)37-5/h9-10,16,18,22,32H,7-8,11-15,17H2,1-6H3,(H,29,31)/t22-,39-/m1/s1. The summed E-state index contributed by atoms with van der Waals surface area (Å²) in [5, 5.41) is 3.31. The molecule has 2 aromatic rings. The van der Waals surface area contributed by atoms with Crippen LogP contribution in [0.5, 0.6) is 11.5 Å². The zero-order chi connectivity index (χ0) is 28.2. The van der Waals surface area contributed by atoms with Crippen molar-refractivity contribution in [2.75, 3.05) is 44.6 Å². The summed E-state index contributed by atoms with van der Waals surface area (Å²) in [6, 6.07) is 5.87. The van der Waals surface area contributed by atoms with Gasteiger partial charge in [-0.25, -0.2) is 23.7 Å². The highest BCUT2D eigenvalue weighted by molar-refractivity contribution is 7.84. The van der Waals surface area contributed by atoms with Crippen molar-refractivity contribution in [2.24, 2.45) is 5.41 Å². The lowest BCUT2D eigenvalue weighted by Crippen LogP contribution is -2.51. The summed E-state index contributed by atoms with van der Waals surface area (Å²) in [4.78, 5) is 23.9. The fraction of sp³-hybridized carbons (Fsp3) is 0.607. The number of piperidine rings is 1. The lowest BCUT2D eigenvalue weighted by Gasteiger charge is -2.44. The topological polar surface area (TPSA) is 115 Å². The Balaban J connectivity index is 1.50. The summed E-state index contributed by atoms with van der Waals surface area (Å²) >= 11 is 0. The predicted molar refractivity (Wildman–Crippen MR) is 153 cm³/mol. The van der Waals surface area contributed by atoms with Crippen molar-refractivity contribution in [3.8, 4) is 11.5 Å². The quantitative estimate of drug-likeness (QED) is 0.439. The number of esters is 1. The third kappa shape index (κ3) is 6.46. The van der Waals surface area contributed by atoms with Crippen LogP contribution in [0.2, 0.25) is 0 Å². The summed E-state index contributed by atoms with van der Waals surface area (Å²) in [5.74, 6) is 1.98. The van der Waals surface area contributed by atoms with Gasteiger partial charge in [-0.1, -0.05) is 6.42 Å². The number of nitrogens with one attached hydrogen (secondary N) is 2. The van der Waals surface area contributed by atoms with E-state index >= 15 is 0 Å².